The number of fused-ring (bicyclic) bond motifs is 1. The Bertz CT molecular complexity index is 739. The number of carbonyl (C=O) groups excluding carboxylic acids is 1. The number of anilines is 2. The van der Waals surface area contributed by atoms with Gasteiger partial charge in [-0.05, 0) is 36.8 Å². The summed E-state index contributed by atoms with van der Waals surface area (Å²) in [6.07, 6.45) is 1.73. The molecule has 0 aliphatic carbocycles. The normalized spacial score (nSPS) is 16.4. The number of benzene rings is 1. The van der Waals surface area contributed by atoms with E-state index >= 15 is 0 Å². The lowest BCUT2D eigenvalue weighted by Gasteiger charge is -2.37. The highest BCUT2D eigenvalue weighted by Gasteiger charge is 2.34. The molecule has 5 nitrogen and oxygen atoms in total. The Hall–Kier alpha value is -2.43. The minimum Gasteiger partial charge on any atom is -0.341 e. The second-order valence-corrected chi connectivity index (χ2v) is 6.42. The molecule has 2 aromatic rings. The molecule has 0 atom stereocenters. The van der Waals surface area contributed by atoms with Crippen molar-refractivity contribution in [1.82, 2.24) is 14.9 Å². The smallest absolute Gasteiger partial charge is 0.253 e. The molecule has 1 aliphatic rings. The van der Waals surface area contributed by atoms with Crippen LogP contribution in [0.3, 0.4) is 0 Å². The van der Waals surface area contributed by atoms with E-state index in [2.05, 4.69) is 35.2 Å². The van der Waals surface area contributed by atoms with E-state index in [1.165, 1.54) is 0 Å². The fourth-order valence-electron chi connectivity index (χ4n) is 3.00. The highest BCUT2D eigenvalue weighted by molar-refractivity contribution is 5.97. The summed E-state index contributed by atoms with van der Waals surface area (Å²) in [7, 11) is 1.85. The lowest BCUT2D eigenvalue weighted by atomic mass is 9.78. The highest BCUT2D eigenvalue weighted by atomic mass is 16.2. The van der Waals surface area contributed by atoms with Crippen LogP contribution >= 0.6 is 0 Å². The Morgan fingerprint density at radius 3 is 2.77 bits per heavy atom. The second-order valence-electron chi connectivity index (χ2n) is 6.42. The summed E-state index contributed by atoms with van der Waals surface area (Å²) in [5.74, 6) is 1.56. The first-order chi connectivity index (χ1) is 10.4. The van der Waals surface area contributed by atoms with Gasteiger partial charge in [-0.25, -0.2) is 9.97 Å². The molecule has 1 aromatic carbocycles. The van der Waals surface area contributed by atoms with Crippen LogP contribution in [0, 0.1) is 6.92 Å². The van der Waals surface area contributed by atoms with Crippen LogP contribution in [0.5, 0.6) is 0 Å². The number of rotatable bonds is 2. The van der Waals surface area contributed by atoms with Gasteiger partial charge in [0.25, 0.3) is 5.91 Å². The maximum absolute atomic E-state index is 12.3. The van der Waals surface area contributed by atoms with Crippen LogP contribution in [0.15, 0.2) is 30.5 Å². The van der Waals surface area contributed by atoms with Gasteiger partial charge in [-0.1, -0.05) is 13.8 Å². The van der Waals surface area contributed by atoms with E-state index in [9.17, 15) is 4.79 Å². The molecule has 1 amide bonds. The first kappa shape index (κ1) is 14.5. The fourth-order valence-corrected chi connectivity index (χ4v) is 3.00. The third-order valence-corrected chi connectivity index (χ3v) is 4.01. The van der Waals surface area contributed by atoms with Gasteiger partial charge in [-0.2, -0.15) is 0 Å². The fraction of sp³-hybridized carbons (Fsp3) is 0.353. The summed E-state index contributed by atoms with van der Waals surface area (Å²) >= 11 is 0. The quantitative estimate of drug-likeness (QED) is 0.925. The predicted molar refractivity (Wildman–Crippen MR) is 86.5 cm³/mol. The Morgan fingerprint density at radius 2 is 2.05 bits per heavy atom. The third-order valence-electron chi connectivity index (χ3n) is 4.01. The van der Waals surface area contributed by atoms with Crippen molar-refractivity contribution in [2.24, 2.45) is 0 Å². The average molecular weight is 296 g/mol. The molecule has 5 heteroatoms. The molecule has 114 valence electrons. The highest BCUT2D eigenvalue weighted by Crippen LogP contribution is 2.34. The minimum atomic E-state index is -0.0722. The number of nitrogens with zero attached hydrogens (tertiary/aromatic N) is 3. The molecule has 0 saturated heterocycles. The van der Waals surface area contributed by atoms with Crippen LogP contribution in [0.2, 0.25) is 0 Å². The first-order valence-electron chi connectivity index (χ1n) is 7.33. The number of carbonyl (C=O) groups is 1. The van der Waals surface area contributed by atoms with Gasteiger partial charge in [0, 0.05) is 36.5 Å². The summed E-state index contributed by atoms with van der Waals surface area (Å²) in [5.41, 5.74) is 2.72. The zero-order valence-electron chi connectivity index (χ0n) is 13.3. The molecule has 1 aromatic heterocycles. The summed E-state index contributed by atoms with van der Waals surface area (Å²) in [6.45, 7) is 6.89. The van der Waals surface area contributed by atoms with Gasteiger partial charge in [0.1, 0.15) is 11.6 Å². The maximum Gasteiger partial charge on any atom is 0.253 e. The Labute approximate surface area is 130 Å². The SMILES string of the molecule is Cc1nccc(Nc2ccc3c(c2)C(C)(C)CN(C)C3=O)n1. The van der Waals surface area contributed by atoms with E-state index in [1.54, 1.807) is 11.1 Å². The monoisotopic (exact) mass is 296 g/mol. The number of nitrogens with one attached hydrogen (secondary N) is 1. The molecule has 1 aliphatic heterocycles. The number of amides is 1. The molecular formula is C17H20N4O. The zero-order chi connectivity index (χ0) is 15.9. The number of aromatic nitrogens is 2. The molecule has 0 spiro atoms. The molecule has 3 rings (SSSR count). The van der Waals surface area contributed by atoms with Crippen molar-refractivity contribution < 1.29 is 4.79 Å². The maximum atomic E-state index is 12.3. The van der Waals surface area contributed by atoms with Gasteiger partial charge in [0.2, 0.25) is 0 Å². The van der Waals surface area contributed by atoms with Crippen LogP contribution in [0.1, 0.15) is 35.6 Å². The van der Waals surface area contributed by atoms with Gasteiger partial charge in [-0.15, -0.1) is 0 Å². The Balaban J connectivity index is 1.98. The minimum absolute atomic E-state index is 0.0722. The van der Waals surface area contributed by atoms with Gasteiger partial charge in [0.05, 0.1) is 0 Å². The van der Waals surface area contributed by atoms with E-state index in [1.807, 2.05) is 32.2 Å². The third kappa shape index (κ3) is 2.54. The van der Waals surface area contributed by atoms with Crippen molar-refractivity contribution >= 4 is 17.4 Å². The first-order valence-corrected chi connectivity index (χ1v) is 7.33. The summed E-state index contributed by atoms with van der Waals surface area (Å²) in [4.78, 5) is 22.5. The van der Waals surface area contributed by atoms with Gasteiger partial charge >= 0.3 is 0 Å². The molecule has 0 saturated carbocycles. The van der Waals surface area contributed by atoms with Crippen molar-refractivity contribution in [3.8, 4) is 0 Å². The number of aryl methyl sites for hydroxylation is 1. The Kier molecular flexibility index (Phi) is 3.35. The average Bonchev–Trinajstić information content (AvgIpc) is 2.45. The second kappa shape index (κ2) is 5.09. The molecule has 0 bridgehead atoms. The predicted octanol–water partition coefficient (Wildman–Crippen LogP) is 2.89. The molecule has 2 heterocycles. The molecule has 0 radical (unpaired) electrons. The summed E-state index contributed by atoms with van der Waals surface area (Å²) < 4.78 is 0. The molecular weight excluding hydrogens is 276 g/mol. The van der Waals surface area contributed by atoms with Crippen LogP contribution in [0.4, 0.5) is 11.5 Å². The van der Waals surface area contributed by atoms with Crippen molar-refractivity contribution in [2.45, 2.75) is 26.2 Å². The Morgan fingerprint density at radius 1 is 1.27 bits per heavy atom. The molecule has 0 fully saturated rings. The van der Waals surface area contributed by atoms with E-state index < -0.39 is 0 Å². The molecule has 22 heavy (non-hydrogen) atoms. The van der Waals surface area contributed by atoms with E-state index in [0.717, 1.165) is 35.0 Å². The lowest BCUT2D eigenvalue weighted by molar-refractivity contribution is 0.0737. The lowest BCUT2D eigenvalue weighted by Crippen LogP contribution is -2.44. The topological polar surface area (TPSA) is 58.1 Å². The van der Waals surface area contributed by atoms with Crippen LogP contribution in [0.25, 0.3) is 0 Å². The van der Waals surface area contributed by atoms with Crippen LogP contribution in [-0.4, -0.2) is 34.4 Å². The van der Waals surface area contributed by atoms with Crippen molar-refractivity contribution in [1.29, 1.82) is 0 Å². The van der Waals surface area contributed by atoms with E-state index in [-0.39, 0.29) is 11.3 Å². The number of hydrogen-bond acceptors (Lipinski definition) is 4. The van der Waals surface area contributed by atoms with Crippen molar-refractivity contribution in [3.05, 3.63) is 47.4 Å². The number of hydrogen-bond donors (Lipinski definition) is 1. The van der Waals surface area contributed by atoms with E-state index in [0.29, 0.717) is 0 Å². The van der Waals surface area contributed by atoms with Crippen LogP contribution in [-0.2, 0) is 5.41 Å². The largest absolute Gasteiger partial charge is 0.341 e. The van der Waals surface area contributed by atoms with Crippen molar-refractivity contribution in [3.63, 3.8) is 0 Å². The van der Waals surface area contributed by atoms with Gasteiger partial charge in [-0.3, -0.25) is 4.79 Å². The van der Waals surface area contributed by atoms with Gasteiger partial charge < -0.3 is 10.2 Å². The van der Waals surface area contributed by atoms with Crippen LogP contribution < -0.4 is 5.32 Å². The molecule has 0 unspecified atom stereocenters. The summed E-state index contributed by atoms with van der Waals surface area (Å²) in [5, 5.41) is 3.28. The standard InChI is InChI=1S/C17H20N4O/c1-11-18-8-7-15(19-11)20-12-5-6-13-14(9-12)17(2,3)10-21(4)16(13)22/h5-9H,10H2,1-4H3,(H,18,19,20). The summed E-state index contributed by atoms with van der Waals surface area (Å²) in [6, 6.07) is 7.70. The molecule has 1 N–H and O–H groups in total. The van der Waals surface area contributed by atoms with Gasteiger partial charge in [0.15, 0.2) is 0 Å². The van der Waals surface area contributed by atoms with Crippen molar-refractivity contribution in [2.75, 3.05) is 18.9 Å². The van der Waals surface area contributed by atoms with E-state index in [4.69, 9.17) is 0 Å². The number of likely N-dealkylation sites (N-methyl/N-ethyl adjacent to an activating group) is 1. The zero-order valence-corrected chi connectivity index (χ0v) is 13.3.